The molecule has 7 nitrogen and oxygen atoms in total. The van der Waals surface area contributed by atoms with Crippen LogP contribution in [0.4, 0.5) is 0 Å². The van der Waals surface area contributed by atoms with Crippen LogP contribution >= 0.6 is 11.6 Å². The standard InChI is InChI=1S/C13H15ClN4O3S/c1-17-8-13(16-9-17)22(19,20)18-5-3-10(7-18)21-12-2-4-15-6-11(12)14/h2,4,6,8-10H,3,5,7H2,1H3/t10-/m1/s1. The lowest BCUT2D eigenvalue weighted by Gasteiger charge is -2.16. The molecule has 3 rings (SSSR count). The van der Waals surface area contributed by atoms with E-state index in [2.05, 4.69) is 9.97 Å². The quantitative estimate of drug-likeness (QED) is 0.837. The molecule has 22 heavy (non-hydrogen) atoms. The minimum absolute atomic E-state index is 0.0533. The van der Waals surface area contributed by atoms with Crippen LogP contribution in [-0.2, 0) is 17.1 Å². The van der Waals surface area contributed by atoms with Crippen LogP contribution in [0.15, 0.2) is 36.0 Å². The molecule has 0 bridgehead atoms. The molecule has 1 saturated heterocycles. The van der Waals surface area contributed by atoms with Crippen molar-refractivity contribution in [1.29, 1.82) is 0 Å². The van der Waals surface area contributed by atoms with Crippen LogP contribution < -0.4 is 4.74 Å². The Hall–Kier alpha value is -1.64. The summed E-state index contributed by atoms with van der Waals surface area (Å²) in [5.74, 6) is 0.513. The van der Waals surface area contributed by atoms with E-state index in [9.17, 15) is 8.42 Å². The number of hydrogen-bond donors (Lipinski definition) is 0. The summed E-state index contributed by atoms with van der Waals surface area (Å²) in [6.07, 6.45) is 6.40. The summed E-state index contributed by atoms with van der Waals surface area (Å²) in [5, 5.41) is 0.464. The van der Waals surface area contributed by atoms with Crippen LogP contribution in [0.5, 0.6) is 5.75 Å². The minimum Gasteiger partial charge on any atom is -0.487 e. The van der Waals surface area contributed by atoms with Gasteiger partial charge in [-0.1, -0.05) is 11.6 Å². The molecule has 0 saturated carbocycles. The Bertz CT molecular complexity index is 777. The molecule has 1 atom stereocenters. The molecule has 0 unspecified atom stereocenters. The number of rotatable bonds is 4. The molecule has 118 valence electrons. The van der Waals surface area contributed by atoms with E-state index in [1.165, 1.54) is 23.0 Å². The van der Waals surface area contributed by atoms with Crippen LogP contribution in [0.3, 0.4) is 0 Å². The fourth-order valence-corrected chi connectivity index (χ4v) is 3.92. The molecule has 2 aromatic rings. The molecule has 0 N–H and O–H groups in total. The second-order valence-corrected chi connectivity index (χ2v) is 7.37. The maximum Gasteiger partial charge on any atom is 0.262 e. The van der Waals surface area contributed by atoms with Gasteiger partial charge < -0.3 is 9.30 Å². The number of pyridine rings is 1. The van der Waals surface area contributed by atoms with Gasteiger partial charge in [0.1, 0.15) is 16.9 Å². The molecule has 0 aromatic carbocycles. The maximum absolute atomic E-state index is 12.5. The van der Waals surface area contributed by atoms with Crippen molar-refractivity contribution in [2.75, 3.05) is 13.1 Å². The average molecular weight is 343 g/mol. The van der Waals surface area contributed by atoms with Gasteiger partial charge in [-0.3, -0.25) is 4.98 Å². The Morgan fingerprint density at radius 2 is 2.27 bits per heavy atom. The molecule has 1 fully saturated rings. The second-order valence-electron chi connectivity index (χ2n) is 5.08. The first-order valence-corrected chi connectivity index (χ1v) is 8.53. The zero-order chi connectivity index (χ0) is 15.7. The van der Waals surface area contributed by atoms with Crippen LogP contribution in [0.25, 0.3) is 0 Å². The lowest BCUT2D eigenvalue weighted by atomic mass is 10.3. The molecule has 1 aliphatic heterocycles. The second kappa shape index (κ2) is 5.86. The largest absolute Gasteiger partial charge is 0.487 e. The van der Waals surface area contributed by atoms with E-state index in [1.54, 1.807) is 23.9 Å². The van der Waals surface area contributed by atoms with E-state index in [1.807, 2.05) is 0 Å². The predicted molar refractivity (Wildman–Crippen MR) is 80.2 cm³/mol. The summed E-state index contributed by atoms with van der Waals surface area (Å²) < 4.78 is 33.7. The third kappa shape index (κ3) is 2.94. The van der Waals surface area contributed by atoms with Gasteiger partial charge in [-0.2, -0.15) is 4.31 Å². The highest BCUT2D eigenvalue weighted by Crippen LogP contribution is 2.27. The Balaban J connectivity index is 1.71. The molecular formula is C13H15ClN4O3S. The van der Waals surface area contributed by atoms with Crippen molar-refractivity contribution in [3.63, 3.8) is 0 Å². The van der Waals surface area contributed by atoms with Crippen molar-refractivity contribution >= 4 is 21.6 Å². The van der Waals surface area contributed by atoms with Gasteiger partial charge in [0.05, 0.1) is 12.9 Å². The van der Waals surface area contributed by atoms with E-state index in [4.69, 9.17) is 16.3 Å². The van der Waals surface area contributed by atoms with E-state index in [-0.39, 0.29) is 17.7 Å². The van der Waals surface area contributed by atoms with E-state index in [0.29, 0.717) is 23.7 Å². The van der Waals surface area contributed by atoms with Crippen LogP contribution in [-0.4, -0.2) is 46.5 Å². The molecular weight excluding hydrogens is 328 g/mol. The Labute approximate surface area is 133 Å². The van der Waals surface area contributed by atoms with Gasteiger partial charge in [0.15, 0.2) is 5.03 Å². The fourth-order valence-electron chi connectivity index (χ4n) is 2.30. The molecule has 2 aromatic heterocycles. The van der Waals surface area contributed by atoms with E-state index in [0.717, 1.165) is 0 Å². The van der Waals surface area contributed by atoms with Crippen molar-refractivity contribution in [3.05, 3.63) is 36.0 Å². The highest BCUT2D eigenvalue weighted by atomic mass is 35.5. The Kier molecular flexibility index (Phi) is 4.07. The first-order valence-electron chi connectivity index (χ1n) is 6.71. The fraction of sp³-hybridized carbons (Fsp3) is 0.385. The number of halogens is 1. The zero-order valence-corrected chi connectivity index (χ0v) is 13.5. The van der Waals surface area contributed by atoms with Crippen molar-refractivity contribution in [3.8, 4) is 5.75 Å². The number of ether oxygens (including phenoxy) is 1. The van der Waals surface area contributed by atoms with Crippen molar-refractivity contribution in [2.45, 2.75) is 17.6 Å². The normalized spacial score (nSPS) is 19.5. The molecule has 0 radical (unpaired) electrons. The van der Waals surface area contributed by atoms with Crippen molar-refractivity contribution < 1.29 is 13.2 Å². The summed E-state index contributed by atoms with van der Waals surface area (Å²) >= 11 is 6.00. The van der Waals surface area contributed by atoms with Crippen molar-refractivity contribution in [2.24, 2.45) is 7.05 Å². The number of aromatic nitrogens is 3. The monoisotopic (exact) mass is 342 g/mol. The minimum atomic E-state index is -3.58. The molecule has 1 aliphatic rings. The lowest BCUT2D eigenvalue weighted by molar-refractivity contribution is 0.215. The van der Waals surface area contributed by atoms with Gasteiger partial charge in [0.25, 0.3) is 10.0 Å². The predicted octanol–water partition coefficient (Wildman–Crippen LogP) is 1.31. The summed E-state index contributed by atoms with van der Waals surface area (Å²) in [7, 11) is -1.85. The molecule has 0 amide bonds. The van der Waals surface area contributed by atoms with Gasteiger partial charge in [0.2, 0.25) is 0 Å². The van der Waals surface area contributed by atoms with Gasteiger partial charge in [-0.15, -0.1) is 0 Å². The molecule has 0 aliphatic carbocycles. The smallest absolute Gasteiger partial charge is 0.262 e. The lowest BCUT2D eigenvalue weighted by Crippen LogP contribution is -2.31. The molecule has 3 heterocycles. The third-order valence-electron chi connectivity index (χ3n) is 3.42. The maximum atomic E-state index is 12.5. The van der Waals surface area contributed by atoms with Gasteiger partial charge >= 0.3 is 0 Å². The number of imidazole rings is 1. The van der Waals surface area contributed by atoms with Crippen molar-refractivity contribution in [1.82, 2.24) is 18.8 Å². The number of aryl methyl sites for hydroxylation is 1. The number of sulfonamides is 1. The van der Waals surface area contributed by atoms with Crippen LogP contribution in [0.1, 0.15) is 6.42 Å². The summed E-state index contributed by atoms with van der Waals surface area (Å²) in [5.41, 5.74) is 0. The summed E-state index contributed by atoms with van der Waals surface area (Å²) in [6, 6.07) is 1.66. The number of hydrogen-bond acceptors (Lipinski definition) is 5. The first-order chi connectivity index (χ1) is 10.5. The summed E-state index contributed by atoms with van der Waals surface area (Å²) in [6.45, 7) is 0.670. The Morgan fingerprint density at radius 1 is 1.45 bits per heavy atom. The summed E-state index contributed by atoms with van der Waals surface area (Å²) in [4.78, 5) is 7.81. The number of nitrogens with zero attached hydrogens (tertiary/aromatic N) is 4. The third-order valence-corrected chi connectivity index (χ3v) is 5.46. The highest BCUT2D eigenvalue weighted by molar-refractivity contribution is 7.89. The SMILES string of the molecule is Cn1cnc(S(=O)(=O)N2CC[C@@H](Oc3ccncc3Cl)C2)c1. The van der Waals surface area contributed by atoms with Crippen LogP contribution in [0.2, 0.25) is 5.02 Å². The van der Waals surface area contributed by atoms with Gasteiger partial charge in [-0.05, 0) is 6.42 Å². The zero-order valence-electron chi connectivity index (χ0n) is 11.9. The topological polar surface area (TPSA) is 77.3 Å². The average Bonchev–Trinajstić information content (AvgIpc) is 3.11. The van der Waals surface area contributed by atoms with Crippen LogP contribution in [0, 0.1) is 0 Å². The first kappa shape index (κ1) is 15.3. The highest BCUT2D eigenvalue weighted by Gasteiger charge is 2.35. The molecule has 9 heteroatoms. The van der Waals surface area contributed by atoms with Gasteiger partial charge in [-0.25, -0.2) is 13.4 Å². The Morgan fingerprint density at radius 3 is 2.95 bits per heavy atom. The molecule has 0 spiro atoms. The van der Waals surface area contributed by atoms with E-state index < -0.39 is 10.0 Å². The van der Waals surface area contributed by atoms with E-state index >= 15 is 0 Å². The van der Waals surface area contributed by atoms with Gasteiger partial charge in [0, 0.05) is 38.2 Å².